The number of fused-ring (bicyclic) bond motifs is 1. The molecule has 0 saturated heterocycles. The molecule has 0 unspecified atom stereocenters. The molecule has 4 nitrogen and oxygen atoms in total. The fourth-order valence-electron chi connectivity index (χ4n) is 2.26. The van der Waals surface area contributed by atoms with Gasteiger partial charge in [0.2, 0.25) is 0 Å². The molecule has 102 valence electrons. The van der Waals surface area contributed by atoms with Crippen molar-refractivity contribution in [3.8, 4) is 5.75 Å². The van der Waals surface area contributed by atoms with E-state index in [9.17, 15) is 9.18 Å². The highest BCUT2D eigenvalue weighted by Crippen LogP contribution is 2.37. The summed E-state index contributed by atoms with van der Waals surface area (Å²) in [5.41, 5.74) is 6.92. The average Bonchev–Trinajstić information content (AvgIpc) is 2.47. The van der Waals surface area contributed by atoms with Gasteiger partial charge in [-0.25, -0.2) is 4.39 Å². The van der Waals surface area contributed by atoms with Crippen LogP contribution in [0.3, 0.4) is 0 Å². The third kappa shape index (κ3) is 1.97. The molecular weight excluding hydrogens is 259 g/mol. The first kappa shape index (κ1) is 12.5. The molecule has 0 bridgehead atoms. The summed E-state index contributed by atoms with van der Waals surface area (Å²) in [6.45, 7) is 0.699. The summed E-state index contributed by atoms with van der Waals surface area (Å²) >= 11 is 0. The molecule has 1 amide bonds. The first-order chi connectivity index (χ1) is 9.68. The van der Waals surface area contributed by atoms with Gasteiger partial charge < -0.3 is 15.4 Å². The van der Waals surface area contributed by atoms with Gasteiger partial charge in [-0.05, 0) is 24.3 Å². The Kier molecular flexibility index (Phi) is 3.02. The summed E-state index contributed by atoms with van der Waals surface area (Å²) in [4.78, 5) is 14.0. The van der Waals surface area contributed by atoms with Crippen molar-refractivity contribution in [1.82, 2.24) is 0 Å². The van der Waals surface area contributed by atoms with E-state index >= 15 is 0 Å². The van der Waals surface area contributed by atoms with Gasteiger partial charge >= 0.3 is 0 Å². The summed E-state index contributed by atoms with van der Waals surface area (Å²) in [5.74, 6) is -0.448. The molecule has 0 spiro atoms. The zero-order valence-electron chi connectivity index (χ0n) is 10.7. The van der Waals surface area contributed by atoms with Crippen LogP contribution in [0.2, 0.25) is 0 Å². The maximum atomic E-state index is 13.7. The molecule has 20 heavy (non-hydrogen) atoms. The Labute approximate surface area is 115 Å². The first-order valence-electron chi connectivity index (χ1n) is 6.26. The van der Waals surface area contributed by atoms with E-state index in [1.54, 1.807) is 30.3 Å². The third-order valence-electron chi connectivity index (χ3n) is 3.23. The number of nitrogen functional groups attached to an aromatic ring is 1. The zero-order chi connectivity index (χ0) is 14.1. The van der Waals surface area contributed by atoms with Gasteiger partial charge in [-0.3, -0.25) is 4.79 Å². The number of hydrogen-bond acceptors (Lipinski definition) is 3. The number of halogens is 1. The lowest BCUT2D eigenvalue weighted by Crippen LogP contribution is -2.38. The maximum absolute atomic E-state index is 13.7. The fraction of sp³-hybridized carbons (Fsp3) is 0.133. The molecule has 2 N–H and O–H groups in total. The van der Waals surface area contributed by atoms with Crippen molar-refractivity contribution in [3.05, 3.63) is 53.8 Å². The number of hydrogen-bond donors (Lipinski definition) is 1. The highest BCUT2D eigenvalue weighted by atomic mass is 19.1. The second kappa shape index (κ2) is 4.85. The molecule has 0 aromatic heterocycles. The van der Waals surface area contributed by atoms with E-state index in [4.69, 9.17) is 10.5 Å². The number of nitrogens with two attached hydrogens (primary N) is 1. The number of benzene rings is 2. The van der Waals surface area contributed by atoms with E-state index in [0.717, 1.165) is 0 Å². The maximum Gasteiger partial charge on any atom is 0.261 e. The Morgan fingerprint density at radius 2 is 2.00 bits per heavy atom. The monoisotopic (exact) mass is 272 g/mol. The second-order valence-corrected chi connectivity index (χ2v) is 4.48. The van der Waals surface area contributed by atoms with Crippen LogP contribution in [0.4, 0.5) is 15.8 Å². The molecule has 2 aromatic carbocycles. The van der Waals surface area contributed by atoms with Gasteiger partial charge in [-0.15, -0.1) is 0 Å². The molecule has 0 saturated carbocycles. The van der Waals surface area contributed by atoms with Crippen LogP contribution in [0, 0.1) is 5.82 Å². The quantitative estimate of drug-likeness (QED) is 0.811. The van der Waals surface area contributed by atoms with Crippen LogP contribution in [0.1, 0.15) is 10.4 Å². The van der Waals surface area contributed by atoms with Crippen molar-refractivity contribution < 1.29 is 13.9 Å². The van der Waals surface area contributed by atoms with Gasteiger partial charge in [0.25, 0.3) is 5.91 Å². The van der Waals surface area contributed by atoms with Crippen LogP contribution in [0.15, 0.2) is 42.5 Å². The highest BCUT2D eigenvalue weighted by molar-refractivity contribution is 6.07. The van der Waals surface area contributed by atoms with Crippen LogP contribution in [-0.2, 0) is 0 Å². The van der Waals surface area contributed by atoms with Gasteiger partial charge in [0.1, 0.15) is 12.4 Å². The number of anilines is 2. The largest absolute Gasteiger partial charge is 0.487 e. The smallest absolute Gasteiger partial charge is 0.261 e. The standard InChI is InChI=1S/C15H13FN2O2/c16-11-5-2-1-4-10(11)15(19)18-8-9-20-14-12(17)6-3-7-13(14)18/h1-7H,8-9,17H2. The first-order valence-corrected chi connectivity index (χ1v) is 6.26. The van der Waals surface area contributed by atoms with Crippen molar-refractivity contribution in [2.24, 2.45) is 0 Å². The summed E-state index contributed by atoms with van der Waals surface area (Å²) in [6, 6.07) is 11.1. The van der Waals surface area contributed by atoms with Crippen molar-refractivity contribution in [1.29, 1.82) is 0 Å². The summed E-state index contributed by atoms with van der Waals surface area (Å²) in [7, 11) is 0. The van der Waals surface area contributed by atoms with Crippen molar-refractivity contribution in [3.63, 3.8) is 0 Å². The highest BCUT2D eigenvalue weighted by Gasteiger charge is 2.27. The van der Waals surface area contributed by atoms with Crippen LogP contribution in [0.5, 0.6) is 5.75 Å². The summed E-state index contributed by atoms with van der Waals surface area (Å²) in [6.07, 6.45) is 0. The average molecular weight is 272 g/mol. The molecular formula is C15H13FN2O2. The SMILES string of the molecule is Nc1cccc2c1OCCN2C(=O)c1ccccc1F. The van der Waals surface area contributed by atoms with E-state index in [0.29, 0.717) is 30.3 Å². The van der Waals surface area contributed by atoms with Crippen LogP contribution in [-0.4, -0.2) is 19.1 Å². The Bertz CT molecular complexity index is 673. The van der Waals surface area contributed by atoms with E-state index in [1.165, 1.54) is 17.0 Å². The van der Waals surface area contributed by atoms with Crippen LogP contribution < -0.4 is 15.4 Å². The van der Waals surface area contributed by atoms with E-state index in [1.807, 2.05) is 0 Å². The molecule has 1 heterocycles. The number of ether oxygens (including phenoxy) is 1. The number of carbonyl (C=O) groups is 1. The van der Waals surface area contributed by atoms with Gasteiger partial charge in [0, 0.05) is 0 Å². The lowest BCUT2D eigenvalue weighted by Gasteiger charge is -2.30. The number of amides is 1. The van der Waals surface area contributed by atoms with Gasteiger partial charge in [0.15, 0.2) is 5.75 Å². The lowest BCUT2D eigenvalue weighted by atomic mass is 10.1. The van der Waals surface area contributed by atoms with E-state index < -0.39 is 11.7 Å². The van der Waals surface area contributed by atoms with Gasteiger partial charge in [0.05, 0.1) is 23.5 Å². The normalized spacial score (nSPS) is 13.6. The zero-order valence-corrected chi connectivity index (χ0v) is 10.7. The van der Waals surface area contributed by atoms with Crippen molar-refractivity contribution >= 4 is 17.3 Å². The number of carbonyl (C=O) groups excluding carboxylic acids is 1. The van der Waals surface area contributed by atoms with Gasteiger partial charge in [-0.1, -0.05) is 18.2 Å². The fourth-order valence-corrected chi connectivity index (χ4v) is 2.26. The predicted octanol–water partition coefficient (Wildman–Crippen LogP) is 2.45. The molecule has 3 rings (SSSR count). The lowest BCUT2D eigenvalue weighted by molar-refractivity contribution is 0.0973. The minimum atomic E-state index is -0.533. The summed E-state index contributed by atoms with van der Waals surface area (Å²) < 4.78 is 19.2. The Morgan fingerprint density at radius 1 is 1.20 bits per heavy atom. The topological polar surface area (TPSA) is 55.6 Å². The van der Waals surface area contributed by atoms with Crippen LogP contribution in [0.25, 0.3) is 0 Å². The molecule has 0 aliphatic carbocycles. The van der Waals surface area contributed by atoms with Crippen LogP contribution >= 0.6 is 0 Å². The van der Waals surface area contributed by atoms with Crippen molar-refractivity contribution in [2.75, 3.05) is 23.8 Å². The molecule has 1 aliphatic heterocycles. The Hall–Kier alpha value is -2.56. The molecule has 0 fully saturated rings. The number of rotatable bonds is 1. The Morgan fingerprint density at radius 3 is 2.80 bits per heavy atom. The van der Waals surface area contributed by atoms with Crippen molar-refractivity contribution in [2.45, 2.75) is 0 Å². The molecule has 2 aromatic rings. The molecule has 0 atom stereocenters. The van der Waals surface area contributed by atoms with Gasteiger partial charge in [-0.2, -0.15) is 0 Å². The predicted molar refractivity (Wildman–Crippen MR) is 74.4 cm³/mol. The molecule has 1 aliphatic rings. The van der Waals surface area contributed by atoms with E-state index in [-0.39, 0.29) is 5.56 Å². The van der Waals surface area contributed by atoms with E-state index in [2.05, 4.69) is 0 Å². The summed E-state index contributed by atoms with van der Waals surface area (Å²) in [5, 5.41) is 0. The number of nitrogens with zero attached hydrogens (tertiary/aromatic N) is 1. The Balaban J connectivity index is 2.03. The molecule has 0 radical (unpaired) electrons. The third-order valence-corrected chi connectivity index (χ3v) is 3.23. The minimum Gasteiger partial charge on any atom is -0.487 e. The second-order valence-electron chi connectivity index (χ2n) is 4.48. The molecule has 5 heteroatoms. The number of para-hydroxylation sites is 1. The minimum absolute atomic E-state index is 0.0442.